The van der Waals surface area contributed by atoms with Gasteiger partial charge in [0.2, 0.25) is 10.0 Å². The van der Waals surface area contributed by atoms with E-state index in [0.717, 1.165) is 18.2 Å². The Labute approximate surface area is 122 Å². The van der Waals surface area contributed by atoms with Crippen molar-refractivity contribution in [2.75, 3.05) is 12.3 Å². The van der Waals surface area contributed by atoms with Crippen LogP contribution in [0, 0.1) is 5.82 Å². The first kappa shape index (κ1) is 15.4. The molecule has 112 valence electrons. The zero-order valence-electron chi connectivity index (χ0n) is 11.0. The Kier molecular flexibility index (Phi) is 4.56. The van der Waals surface area contributed by atoms with Gasteiger partial charge in [0.15, 0.2) is 0 Å². The molecule has 0 aromatic heterocycles. The van der Waals surface area contributed by atoms with Crippen LogP contribution in [0.25, 0.3) is 0 Å². The molecule has 0 heterocycles. The Bertz CT molecular complexity index is 720. The number of benzene rings is 2. The number of aliphatic hydroxyl groups is 1. The zero-order chi connectivity index (χ0) is 15.5. The molecule has 0 unspecified atom stereocenters. The molecule has 0 aliphatic heterocycles. The summed E-state index contributed by atoms with van der Waals surface area (Å²) in [5, 5.41) is 9.38. The second-order valence-corrected chi connectivity index (χ2v) is 6.13. The van der Waals surface area contributed by atoms with Crippen molar-refractivity contribution in [3.63, 3.8) is 0 Å². The first-order chi connectivity index (χ1) is 9.94. The van der Waals surface area contributed by atoms with Crippen LogP contribution in [0.15, 0.2) is 53.4 Å². The fourth-order valence-electron chi connectivity index (χ4n) is 1.91. The fraction of sp³-hybridized carbons (Fsp3) is 0.143. The lowest BCUT2D eigenvalue weighted by Gasteiger charge is -2.17. The maximum Gasteiger partial charge on any atom is 0.243 e. The van der Waals surface area contributed by atoms with Crippen molar-refractivity contribution in [3.05, 3.63) is 59.9 Å². The van der Waals surface area contributed by atoms with Gasteiger partial charge in [-0.3, -0.25) is 0 Å². The van der Waals surface area contributed by atoms with Crippen molar-refractivity contribution >= 4 is 15.7 Å². The summed E-state index contributed by atoms with van der Waals surface area (Å²) in [5.41, 5.74) is 5.97. The highest BCUT2D eigenvalue weighted by Crippen LogP contribution is 2.22. The Morgan fingerprint density at radius 3 is 2.43 bits per heavy atom. The molecule has 7 heteroatoms. The van der Waals surface area contributed by atoms with Gasteiger partial charge in [-0.05, 0) is 23.8 Å². The highest BCUT2D eigenvalue weighted by atomic mass is 32.2. The van der Waals surface area contributed by atoms with Crippen LogP contribution >= 0.6 is 0 Å². The van der Waals surface area contributed by atoms with E-state index in [1.54, 1.807) is 30.3 Å². The summed E-state index contributed by atoms with van der Waals surface area (Å²) < 4.78 is 39.9. The number of hydrogen-bond acceptors (Lipinski definition) is 4. The van der Waals surface area contributed by atoms with E-state index in [9.17, 15) is 17.9 Å². The Morgan fingerprint density at radius 2 is 1.86 bits per heavy atom. The molecule has 2 aromatic carbocycles. The molecular weight excluding hydrogens is 295 g/mol. The van der Waals surface area contributed by atoms with Gasteiger partial charge in [0.25, 0.3) is 0 Å². The lowest BCUT2D eigenvalue weighted by molar-refractivity contribution is 0.259. The van der Waals surface area contributed by atoms with Crippen molar-refractivity contribution in [1.29, 1.82) is 0 Å². The number of sulfonamides is 1. The van der Waals surface area contributed by atoms with Gasteiger partial charge in [-0.25, -0.2) is 17.5 Å². The molecule has 1 atom stereocenters. The maximum atomic E-state index is 13.0. The minimum atomic E-state index is -3.97. The molecular formula is C14H15FN2O3S. The number of halogens is 1. The van der Waals surface area contributed by atoms with Crippen LogP contribution in [0.2, 0.25) is 0 Å². The van der Waals surface area contributed by atoms with Gasteiger partial charge in [0.05, 0.1) is 18.3 Å². The molecule has 0 spiro atoms. The summed E-state index contributed by atoms with van der Waals surface area (Å²) in [6.45, 7) is -0.412. The number of rotatable bonds is 5. The molecule has 0 fully saturated rings. The minimum absolute atomic E-state index is 0.188. The summed E-state index contributed by atoms with van der Waals surface area (Å²) in [6, 6.07) is 10.9. The molecule has 2 aromatic rings. The van der Waals surface area contributed by atoms with Crippen LogP contribution < -0.4 is 10.5 Å². The monoisotopic (exact) mass is 310 g/mol. The second kappa shape index (κ2) is 6.21. The largest absolute Gasteiger partial charge is 0.398 e. The number of nitrogen functional groups attached to an aromatic ring is 1. The van der Waals surface area contributed by atoms with Gasteiger partial charge in [0.1, 0.15) is 10.7 Å². The highest BCUT2D eigenvalue weighted by molar-refractivity contribution is 7.89. The van der Waals surface area contributed by atoms with E-state index in [1.165, 1.54) is 0 Å². The average molecular weight is 310 g/mol. The molecule has 4 N–H and O–H groups in total. The second-order valence-electron chi connectivity index (χ2n) is 4.45. The smallest absolute Gasteiger partial charge is 0.243 e. The van der Waals surface area contributed by atoms with Gasteiger partial charge < -0.3 is 10.8 Å². The fourth-order valence-corrected chi connectivity index (χ4v) is 3.24. The molecule has 0 aliphatic carbocycles. The maximum absolute atomic E-state index is 13.0. The van der Waals surface area contributed by atoms with E-state index in [0.29, 0.717) is 5.56 Å². The summed E-state index contributed by atoms with van der Waals surface area (Å²) in [7, 11) is -3.97. The highest BCUT2D eigenvalue weighted by Gasteiger charge is 2.23. The Balaban J connectivity index is 2.32. The van der Waals surface area contributed by atoms with Crippen LogP contribution in [0.1, 0.15) is 11.6 Å². The van der Waals surface area contributed by atoms with Crippen LogP contribution in [0.3, 0.4) is 0 Å². The molecule has 0 saturated carbocycles. The molecule has 0 saturated heterocycles. The van der Waals surface area contributed by atoms with E-state index in [4.69, 9.17) is 5.73 Å². The standard InChI is InChI=1S/C14H15FN2O3S/c15-11-6-7-14(12(16)8-11)21(19,20)17-13(9-18)10-4-2-1-3-5-10/h1-8,13,17-18H,9,16H2/t13-/m0/s1. The number of aliphatic hydroxyl groups excluding tert-OH is 1. The third-order valence-corrected chi connectivity index (χ3v) is 4.49. The predicted molar refractivity (Wildman–Crippen MR) is 77.4 cm³/mol. The van der Waals surface area contributed by atoms with Crippen molar-refractivity contribution in [2.24, 2.45) is 0 Å². The molecule has 0 aliphatic rings. The van der Waals surface area contributed by atoms with Gasteiger partial charge in [-0.2, -0.15) is 0 Å². The number of hydrogen-bond donors (Lipinski definition) is 3. The predicted octanol–water partition coefficient (Wildman–Crippen LogP) is 1.42. The summed E-state index contributed by atoms with van der Waals surface area (Å²) in [5.74, 6) is -0.617. The van der Waals surface area contributed by atoms with Crippen LogP contribution in [0.5, 0.6) is 0 Å². The number of anilines is 1. The molecule has 0 amide bonds. The topological polar surface area (TPSA) is 92.4 Å². The van der Waals surface area contributed by atoms with Crippen LogP contribution in [-0.4, -0.2) is 20.1 Å². The first-order valence-corrected chi connectivity index (χ1v) is 7.65. The van der Waals surface area contributed by atoms with Crippen LogP contribution in [-0.2, 0) is 10.0 Å². The van der Waals surface area contributed by atoms with Crippen molar-refractivity contribution < 1.29 is 17.9 Å². The van der Waals surface area contributed by atoms with Gasteiger partial charge in [-0.15, -0.1) is 0 Å². The van der Waals surface area contributed by atoms with Crippen molar-refractivity contribution in [1.82, 2.24) is 4.72 Å². The number of nitrogens with one attached hydrogen (secondary N) is 1. The molecule has 21 heavy (non-hydrogen) atoms. The van der Waals surface area contributed by atoms with Gasteiger partial charge in [-0.1, -0.05) is 30.3 Å². The molecule has 2 rings (SSSR count). The van der Waals surface area contributed by atoms with E-state index >= 15 is 0 Å². The summed E-state index contributed by atoms with van der Waals surface area (Å²) in [4.78, 5) is -0.224. The third kappa shape index (κ3) is 3.57. The van der Waals surface area contributed by atoms with E-state index in [2.05, 4.69) is 4.72 Å². The van der Waals surface area contributed by atoms with E-state index in [1.807, 2.05) is 0 Å². The van der Waals surface area contributed by atoms with Crippen LogP contribution in [0.4, 0.5) is 10.1 Å². The molecule has 0 bridgehead atoms. The number of nitrogens with two attached hydrogens (primary N) is 1. The molecule has 5 nitrogen and oxygen atoms in total. The SMILES string of the molecule is Nc1cc(F)ccc1S(=O)(=O)N[C@@H](CO)c1ccccc1. The third-order valence-electron chi connectivity index (χ3n) is 2.94. The Hall–Kier alpha value is -1.96. The summed E-state index contributed by atoms with van der Waals surface area (Å²) >= 11 is 0. The lowest BCUT2D eigenvalue weighted by atomic mass is 10.1. The van der Waals surface area contributed by atoms with Gasteiger partial charge >= 0.3 is 0 Å². The summed E-state index contributed by atoms with van der Waals surface area (Å²) in [6.07, 6.45) is 0. The van der Waals surface area contributed by atoms with E-state index in [-0.39, 0.29) is 10.6 Å². The minimum Gasteiger partial charge on any atom is -0.398 e. The van der Waals surface area contributed by atoms with E-state index < -0.39 is 28.5 Å². The zero-order valence-corrected chi connectivity index (χ0v) is 11.8. The normalized spacial score (nSPS) is 13.0. The average Bonchev–Trinajstić information content (AvgIpc) is 2.45. The lowest BCUT2D eigenvalue weighted by Crippen LogP contribution is -2.31. The Morgan fingerprint density at radius 1 is 1.19 bits per heavy atom. The molecule has 0 radical (unpaired) electrons. The van der Waals surface area contributed by atoms with Crippen molar-refractivity contribution in [2.45, 2.75) is 10.9 Å². The quantitative estimate of drug-likeness (QED) is 0.728. The van der Waals surface area contributed by atoms with Gasteiger partial charge in [0, 0.05) is 0 Å². The van der Waals surface area contributed by atoms with Crippen molar-refractivity contribution in [3.8, 4) is 0 Å². The first-order valence-electron chi connectivity index (χ1n) is 6.17.